The van der Waals surface area contributed by atoms with E-state index in [1.165, 1.54) is 14.0 Å². The average Bonchev–Trinajstić information content (AvgIpc) is 3.13. The first kappa shape index (κ1) is 36.6. The van der Waals surface area contributed by atoms with E-state index in [9.17, 15) is 14.5 Å². The predicted octanol–water partition coefficient (Wildman–Crippen LogP) is 6.02. The van der Waals surface area contributed by atoms with Crippen LogP contribution in [0, 0.1) is 0 Å². The Labute approximate surface area is 287 Å². The lowest BCUT2D eigenvalue weighted by molar-refractivity contribution is -0.179. The fraction of sp³-hybridized carbons (Fsp3) is 0.342. The van der Waals surface area contributed by atoms with Gasteiger partial charge in [0.1, 0.15) is 24.4 Å². The minimum Gasteiger partial charge on any atom is -0.378 e. The monoisotopic (exact) mass is 689 g/mol. The van der Waals surface area contributed by atoms with Crippen molar-refractivity contribution in [2.24, 2.45) is 0 Å². The second-order valence-electron chi connectivity index (χ2n) is 11.8. The van der Waals surface area contributed by atoms with Crippen molar-refractivity contribution in [2.45, 2.75) is 69.7 Å². The molecule has 260 valence electrons. The Bertz CT molecular complexity index is 1600. The van der Waals surface area contributed by atoms with Crippen LogP contribution in [0.4, 0.5) is 0 Å². The molecule has 10 nitrogen and oxygen atoms in total. The van der Waals surface area contributed by atoms with Crippen LogP contribution in [-0.4, -0.2) is 61.0 Å². The van der Waals surface area contributed by atoms with Gasteiger partial charge in [-0.1, -0.05) is 121 Å². The van der Waals surface area contributed by atoms with E-state index in [2.05, 4.69) is 5.32 Å². The largest absolute Gasteiger partial charge is 0.378 e. The number of ether oxygens (including phenoxy) is 4. The van der Waals surface area contributed by atoms with Gasteiger partial charge < -0.3 is 33.9 Å². The maximum atomic E-state index is 14.2. The molecule has 7 atom stereocenters. The van der Waals surface area contributed by atoms with Crippen molar-refractivity contribution in [3.63, 3.8) is 0 Å². The first-order valence-corrected chi connectivity index (χ1v) is 17.8. The minimum atomic E-state index is -4.24. The van der Waals surface area contributed by atoms with Crippen molar-refractivity contribution in [1.29, 1.82) is 0 Å². The molecule has 4 aromatic carbocycles. The van der Waals surface area contributed by atoms with Gasteiger partial charge in [0.05, 0.1) is 39.1 Å². The fourth-order valence-corrected chi connectivity index (χ4v) is 7.33. The predicted molar refractivity (Wildman–Crippen MR) is 184 cm³/mol. The third kappa shape index (κ3) is 10.4. The molecule has 1 aliphatic rings. The second kappa shape index (κ2) is 18.3. The second-order valence-corrected chi connectivity index (χ2v) is 14.0. The summed E-state index contributed by atoms with van der Waals surface area (Å²) in [5.74, 6) is -2.11. The standard InChI is InChI=1S/C38H44NO9P/c1-28(40)39-34-36(48-49(42,43-2)38(41)37(34)47-26-32-21-13-6-14-22-32)35(46-25-31-19-11-5-12-20-31)33(45-24-30-17-9-4-10-18-30)27-44-23-29-15-7-3-8-16-29/h3-22,33-38,41H,23-27H2,1-2H3,(H,39,40)/t33-,34-,35+,36+,37+,38+,49?/m0/s1. The molecular formula is C38H44NO9P. The molecule has 11 heteroatoms. The van der Waals surface area contributed by atoms with Gasteiger partial charge in [0, 0.05) is 14.0 Å². The van der Waals surface area contributed by atoms with E-state index in [4.69, 9.17) is 28.0 Å². The molecule has 1 amide bonds. The summed E-state index contributed by atoms with van der Waals surface area (Å²) in [6.07, 6.45) is -4.15. The van der Waals surface area contributed by atoms with Crippen molar-refractivity contribution in [3.05, 3.63) is 144 Å². The number of carbonyl (C=O) groups excluding carboxylic acids is 1. The summed E-state index contributed by atoms with van der Waals surface area (Å²) < 4.78 is 51.4. The summed E-state index contributed by atoms with van der Waals surface area (Å²) in [7, 11) is -3.03. The van der Waals surface area contributed by atoms with Crippen LogP contribution in [0.2, 0.25) is 0 Å². The average molecular weight is 690 g/mol. The molecule has 5 rings (SSSR count). The van der Waals surface area contributed by atoms with Crippen molar-refractivity contribution in [2.75, 3.05) is 13.7 Å². The van der Waals surface area contributed by atoms with Crippen molar-refractivity contribution in [1.82, 2.24) is 5.32 Å². The molecule has 1 unspecified atom stereocenters. The molecule has 49 heavy (non-hydrogen) atoms. The fourth-order valence-electron chi connectivity index (χ4n) is 5.68. The highest BCUT2D eigenvalue weighted by Gasteiger charge is 2.57. The molecule has 0 spiro atoms. The lowest BCUT2D eigenvalue weighted by Gasteiger charge is -2.47. The van der Waals surface area contributed by atoms with Crippen LogP contribution in [0.15, 0.2) is 121 Å². The van der Waals surface area contributed by atoms with Gasteiger partial charge >= 0.3 is 7.60 Å². The van der Waals surface area contributed by atoms with Crippen LogP contribution in [0.25, 0.3) is 0 Å². The molecule has 0 bridgehead atoms. The Kier molecular flexibility index (Phi) is 13.7. The molecule has 1 fully saturated rings. The van der Waals surface area contributed by atoms with Gasteiger partial charge in [-0.2, -0.15) is 0 Å². The third-order valence-electron chi connectivity index (χ3n) is 8.18. The summed E-state index contributed by atoms with van der Waals surface area (Å²) in [6.45, 7) is 2.13. The molecular weight excluding hydrogens is 645 g/mol. The molecule has 0 aliphatic carbocycles. The van der Waals surface area contributed by atoms with Crippen molar-refractivity contribution in [3.8, 4) is 0 Å². The van der Waals surface area contributed by atoms with Gasteiger partial charge in [-0.05, 0) is 22.3 Å². The Morgan fingerprint density at radius 2 is 1.22 bits per heavy atom. The zero-order chi connectivity index (χ0) is 34.5. The molecule has 0 saturated carbocycles. The minimum absolute atomic E-state index is 0.0587. The number of amides is 1. The molecule has 1 saturated heterocycles. The van der Waals surface area contributed by atoms with Crippen molar-refractivity contribution < 1.29 is 42.5 Å². The topological polar surface area (TPSA) is 122 Å². The van der Waals surface area contributed by atoms with E-state index in [-0.39, 0.29) is 26.4 Å². The summed E-state index contributed by atoms with van der Waals surface area (Å²) in [5.41, 5.74) is 3.58. The maximum absolute atomic E-state index is 14.2. The highest BCUT2D eigenvalue weighted by Crippen LogP contribution is 2.58. The zero-order valence-electron chi connectivity index (χ0n) is 27.7. The van der Waals surface area contributed by atoms with E-state index in [1.807, 2.05) is 121 Å². The Morgan fingerprint density at radius 3 is 1.71 bits per heavy atom. The summed E-state index contributed by atoms with van der Waals surface area (Å²) in [6, 6.07) is 37.3. The van der Waals surface area contributed by atoms with Crippen LogP contribution < -0.4 is 5.32 Å². The third-order valence-corrected chi connectivity index (χ3v) is 10.2. The summed E-state index contributed by atoms with van der Waals surface area (Å²) in [4.78, 5) is 12.7. The molecule has 1 aliphatic heterocycles. The first-order chi connectivity index (χ1) is 23.9. The van der Waals surface area contributed by atoms with E-state index in [0.717, 1.165) is 22.3 Å². The lowest BCUT2D eigenvalue weighted by atomic mass is 9.95. The number of aliphatic hydroxyl groups is 1. The van der Waals surface area contributed by atoms with Crippen LogP contribution in [-0.2, 0) is 63.8 Å². The van der Waals surface area contributed by atoms with Crippen LogP contribution in [0.1, 0.15) is 29.2 Å². The number of hydrogen-bond acceptors (Lipinski definition) is 9. The molecule has 4 aromatic rings. The number of rotatable bonds is 17. The highest BCUT2D eigenvalue weighted by molar-refractivity contribution is 7.54. The molecule has 0 radical (unpaired) electrons. The van der Waals surface area contributed by atoms with Crippen LogP contribution in [0.5, 0.6) is 0 Å². The number of carbonyl (C=O) groups is 1. The molecule has 0 aromatic heterocycles. The molecule has 2 N–H and O–H groups in total. The first-order valence-electron chi connectivity index (χ1n) is 16.2. The number of nitrogens with one attached hydrogen (secondary N) is 1. The molecule has 1 heterocycles. The Balaban J connectivity index is 1.51. The smallest absolute Gasteiger partial charge is 0.361 e. The van der Waals surface area contributed by atoms with Gasteiger partial charge in [0.25, 0.3) is 0 Å². The Hall–Kier alpha value is -3.70. The highest BCUT2D eigenvalue weighted by atomic mass is 31.2. The van der Waals surface area contributed by atoms with Gasteiger partial charge in [0.15, 0.2) is 5.85 Å². The van der Waals surface area contributed by atoms with Gasteiger partial charge in [0.2, 0.25) is 5.91 Å². The van der Waals surface area contributed by atoms with Gasteiger partial charge in [-0.25, -0.2) is 0 Å². The number of aliphatic hydroxyl groups excluding tert-OH is 1. The summed E-state index contributed by atoms with van der Waals surface area (Å²) >= 11 is 0. The lowest BCUT2D eigenvalue weighted by Crippen LogP contribution is -2.64. The van der Waals surface area contributed by atoms with E-state index >= 15 is 0 Å². The number of benzene rings is 4. The Morgan fingerprint density at radius 1 is 0.755 bits per heavy atom. The van der Waals surface area contributed by atoms with Crippen LogP contribution >= 0.6 is 7.60 Å². The van der Waals surface area contributed by atoms with Gasteiger partial charge in [-0.15, -0.1) is 0 Å². The van der Waals surface area contributed by atoms with E-state index in [0.29, 0.717) is 6.61 Å². The van der Waals surface area contributed by atoms with E-state index < -0.39 is 49.8 Å². The van der Waals surface area contributed by atoms with Crippen LogP contribution in [0.3, 0.4) is 0 Å². The summed E-state index contributed by atoms with van der Waals surface area (Å²) in [5, 5.41) is 14.3. The zero-order valence-corrected chi connectivity index (χ0v) is 28.6. The SMILES string of the molecule is COP1(=O)O[C@@H]([C@H](OCc2ccccc2)[C@H](COCc2ccccc2)OCc2ccccc2)[C@H](NC(C)=O)[C@@H](OCc2ccccc2)[C@@H]1O. The normalized spacial score (nSPS) is 23.4. The van der Waals surface area contributed by atoms with E-state index in [1.54, 1.807) is 0 Å². The number of hydrogen-bond donors (Lipinski definition) is 2. The van der Waals surface area contributed by atoms with Gasteiger partial charge in [-0.3, -0.25) is 13.9 Å². The maximum Gasteiger partial charge on any atom is 0.361 e. The van der Waals surface area contributed by atoms with Crippen molar-refractivity contribution >= 4 is 13.5 Å². The quantitative estimate of drug-likeness (QED) is 0.128.